The lowest BCUT2D eigenvalue weighted by molar-refractivity contribution is 0.0804. The van der Waals surface area contributed by atoms with Crippen molar-refractivity contribution < 1.29 is 13.3 Å². The Hall–Kier alpha value is -2.39. The molecule has 1 aliphatic heterocycles. The predicted octanol–water partition coefficient (Wildman–Crippen LogP) is 4.63. The number of halogens is 3. The zero-order valence-electron chi connectivity index (χ0n) is 17.1. The monoisotopic (exact) mass is 448 g/mol. The summed E-state index contributed by atoms with van der Waals surface area (Å²) in [6, 6.07) is 5.61. The van der Waals surface area contributed by atoms with Crippen LogP contribution in [0.25, 0.3) is 5.69 Å². The molecule has 2 aromatic heterocycles. The van der Waals surface area contributed by atoms with Crippen molar-refractivity contribution in [2.75, 3.05) is 6.54 Å². The molecule has 5 rings (SSSR count). The lowest BCUT2D eigenvalue weighted by atomic mass is 9.81. The molecule has 0 bridgehead atoms. The van der Waals surface area contributed by atoms with Crippen LogP contribution in [-0.4, -0.2) is 42.8 Å². The maximum absolute atomic E-state index is 13.1. The fourth-order valence-corrected chi connectivity index (χ4v) is 4.96. The predicted molar refractivity (Wildman–Crippen MR) is 109 cm³/mol. The molecule has 1 aliphatic carbocycles. The first-order valence-electron chi connectivity index (χ1n) is 10.5. The van der Waals surface area contributed by atoms with E-state index in [1.807, 2.05) is 18.2 Å². The Kier molecular flexibility index (Phi) is 5.47. The van der Waals surface area contributed by atoms with E-state index < -0.39 is 6.43 Å². The van der Waals surface area contributed by atoms with Crippen LogP contribution in [0, 0.1) is 6.92 Å². The first kappa shape index (κ1) is 20.5. The third-order valence-corrected chi connectivity index (χ3v) is 6.43. The molecule has 1 saturated carbocycles. The van der Waals surface area contributed by atoms with Gasteiger partial charge in [-0.25, -0.2) is 8.78 Å². The molecule has 0 radical (unpaired) electrons. The minimum absolute atomic E-state index is 0.232. The zero-order chi connectivity index (χ0) is 21.5. The van der Waals surface area contributed by atoms with Crippen LogP contribution in [0.1, 0.15) is 66.4 Å². The van der Waals surface area contributed by atoms with Gasteiger partial charge in [0, 0.05) is 30.3 Å². The molecule has 0 saturated heterocycles. The second-order valence-corrected chi connectivity index (χ2v) is 8.80. The molecule has 0 unspecified atom stereocenters. The largest absolute Gasteiger partial charge is 0.340 e. The molecule has 164 valence electrons. The Bertz CT molecular complexity index is 1080. The average molecular weight is 449 g/mol. The van der Waals surface area contributed by atoms with Gasteiger partial charge < -0.3 is 4.52 Å². The van der Waals surface area contributed by atoms with Gasteiger partial charge in [0.2, 0.25) is 5.89 Å². The van der Waals surface area contributed by atoms with Crippen molar-refractivity contribution in [1.29, 1.82) is 0 Å². The molecular weight excluding hydrogens is 426 g/mol. The summed E-state index contributed by atoms with van der Waals surface area (Å²) in [5.41, 5.74) is 1.83. The normalized spacial score (nSPS) is 21.7. The Morgan fingerprint density at radius 2 is 1.90 bits per heavy atom. The maximum atomic E-state index is 13.1. The molecule has 0 amide bonds. The molecule has 3 heterocycles. The van der Waals surface area contributed by atoms with Crippen LogP contribution in [0.15, 0.2) is 22.7 Å². The van der Waals surface area contributed by atoms with E-state index in [0.29, 0.717) is 29.8 Å². The van der Waals surface area contributed by atoms with E-state index in [9.17, 15) is 8.78 Å². The average Bonchev–Trinajstić information content (AvgIpc) is 3.31. The second kappa shape index (κ2) is 8.27. The van der Waals surface area contributed by atoms with Gasteiger partial charge in [-0.05, 0) is 49.4 Å². The van der Waals surface area contributed by atoms with Crippen LogP contribution in [-0.2, 0) is 13.1 Å². The van der Waals surface area contributed by atoms with Crippen LogP contribution < -0.4 is 0 Å². The molecule has 10 heteroatoms. The van der Waals surface area contributed by atoms with Gasteiger partial charge in [0.1, 0.15) is 5.82 Å². The Morgan fingerprint density at radius 3 is 2.61 bits per heavy atom. The van der Waals surface area contributed by atoms with Gasteiger partial charge >= 0.3 is 0 Å². The lowest BCUT2D eigenvalue weighted by Crippen LogP contribution is -2.27. The molecule has 31 heavy (non-hydrogen) atoms. The molecule has 1 aromatic carbocycles. The van der Waals surface area contributed by atoms with Crippen molar-refractivity contribution in [3.8, 4) is 5.69 Å². The van der Waals surface area contributed by atoms with Crippen molar-refractivity contribution in [1.82, 2.24) is 29.8 Å². The molecule has 7 nitrogen and oxygen atoms in total. The fourth-order valence-electron chi connectivity index (χ4n) is 4.77. The summed E-state index contributed by atoms with van der Waals surface area (Å²) in [7, 11) is 0. The minimum atomic E-state index is -2.42. The van der Waals surface area contributed by atoms with Crippen molar-refractivity contribution in [2.45, 2.75) is 64.0 Å². The second-order valence-electron chi connectivity index (χ2n) is 8.36. The lowest BCUT2D eigenvalue weighted by Gasteiger charge is -2.26. The molecule has 2 aliphatic rings. The number of aryl methyl sites for hydroxylation is 1. The summed E-state index contributed by atoms with van der Waals surface area (Å²) in [6.45, 7) is 2.20. The third-order valence-electron chi connectivity index (χ3n) is 6.19. The highest BCUT2D eigenvalue weighted by Crippen LogP contribution is 2.40. The van der Waals surface area contributed by atoms with Crippen molar-refractivity contribution >= 4 is 11.6 Å². The Labute approximate surface area is 183 Å². The summed E-state index contributed by atoms with van der Waals surface area (Å²) >= 11 is 6.22. The SMILES string of the molecule is Cc1nc([C@H]2CC[C@H](c3nnc4n3-c3ccc(Cl)cc3CN(CC(F)F)C4)CC2)no1. The number of aromatic nitrogens is 5. The van der Waals surface area contributed by atoms with E-state index in [-0.39, 0.29) is 18.4 Å². The van der Waals surface area contributed by atoms with Crippen molar-refractivity contribution in [2.24, 2.45) is 0 Å². The summed E-state index contributed by atoms with van der Waals surface area (Å²) < 4.78 is 33.5. The topological polar surface area (TPSA) is 72.9 Å². The van der Waals surface area contributed by atoms with E-state index >= 15 is 0 Å². The molecule has 3 aromatic rings. The Balaban J connectivity index is 1.44. The van der Waals surface area contributed by atoms with Gasteiger partial charge in [-0.2, -0.15) is 4.98 Å². The number of hydrogen-bond acceptors (Lipinski definition) is 6. The van der Waals surface area contributed by atoms with Gasteiger partial charge in [-0.15, -0.1) is 10.2 Å². The van der Waals surface area contributed by atoms with Gasteiger partial charge in [0.05, 0.1) is 18.8 Å². The first-order chi connectivity index (χ1) is 15.0. The number of fused-ring (bicyclic) bond motifs is 3. The molecule has 0 spiro atoms. The number of hydrogen-bond donors (Lipinski definition) is 0. The molecular formula is C21H23ClF2N6O. The van der Waals surface area contributed by atoms with E-state index in [1.54, 1.807) is 11.8 Å². The summed E-state index contributed by atoms with van der Waals surface area (Å²) in [5.74, 6) is 3.46. The highest BCUT2D eigenvalue weighted by Gasteiger charge is 2.32. The standard InChI is InChI=1S/C21H23ClF2N6O/c1-12-25-20(28-31-12)13-2-4-14(5-3-13)21-27-26-19-11-29(10-18(23)24)9-15-8-16(22)6-7-17(15)30(19)21/h6-8,13-14,18H,2-5,9-11H2,1H3/t13-,14-. The molecule has 0 N–H and O–H groups in total. The molecule has 1 fully saturated rings. The number of alkyl halides is 2. The van der Waals surface area contributed by atoms with Crippen LogP contribution in [0.3, 0.4) is 0 Å². The Morgan fingerprint density at radius 1 is 1.13 bits per heavy atom. The highest BCUT2D eigenvalue weighted by molar-refractivity contribution is 6.30. The quantitative estimate of drug-likeness (QED) is 0.579. The van der Waals surface area contributed by atoms with Crippen LogP contribution in [0.4, 0.5) is 8.78 Å². The zero-order valence-corrected chi connectivity index (χ0v) is 17.9. The van der Waals surface area contributed by atoms with Gasteiger partial charge in [0.25, 0.3) is 6.43 Å². The number of nitrogens with zero attached hydrogens (tertiary/aromatic N) is 6. The highest BCUT2D eigenvalue weighted by atomic mass is 35.5. The van der Waals surface area contributed by atoms with E-state index in [4.69, 9.17) is 16.1 Å². The van der Waals surface area contributed by atoms with E-state index in [2.05, 4.69) is 24.9 Å². The smallest absolute Gasteiger partial charge is 0.251 e. The van der Waals surface area contributed by atoms with Crippen molar-refractivity contribution in [3.63, 3.8) is 0 Å². The fraction of sp³-hybridized carbons (Fsp3) is 0.524. The minimum Gasteiger partial charge on any atom is -0.340 e. The van der Waals surface area contributed by atoms with E-state index in [1.165, 1.54) is 0 Å². The summed E-state index contributed by atoms with van der Waals surface area (Å²) in [6.07, 6.45) is 1.33. The number of benzene rings is 1. The number of rotatable bonds is 4. The maximum Gasteiger partial charge on any atom is 0.251 e. The summed E-state index contributed by atoms with van der Waals surface area (Å²) in [5, 5.41) is 13.6. The first-order valence-corrected chi connectivity index (χ1v) is 10.9. The van der Waals surface area contributed by atoms with Gasteiger partial charge in [-0.3, -0.25) is 9.47 Å². The molecule has 0 atom stereocenters. The summed E-state index contributed by atoms with van der Waals surface area (Å²) in [4.78, 5) is 6.09. The van der Waals surface area contributed by atoms with Gasteiger partial charge in [0.15, 0.2) is 11.6 Å². The third kappa shape index (κ3) is 4.08. The van der Waals surface area contributed by atoms with Crippen LogP contribution in [0.5, 0.6) is 0 Å². The van der Waals surface area contributed by atoms with Crippen LogP contribution >= 0.6 is 11.6 Å². The van der Waals surface area contributed by atoms with Crippen molar-refractivity contribution in [3.05, 3.63) is 52.1 Å². The van der Waals surface area contributed by atoms with E-state index in [0.717, 1.165) is 48.6 Å². The van der Waals surface area contributed by atoms with Crippen LogP contribution in [0.2, 0.25) is 5.02 Å². The van der Waals surface area contributed by atoms with Gasteiger partial charge in [-0.1, -0.05) is 16.8 Å².